The summed E-state index contributed by atoms with van der Waals surface area (Å²) < 4.78 is 5.04. The molecule has 0 bridgehead atoms. The lowest BCUT2D eigenvalue weighted by Gasteiger charge is -2.20. The Balaban J connectivity index is 1.60. The number of rotatable bonds is 5. The molecule has 0 unspecified atom stereocenters. The highest BCUT2D eigenvalue weighted by molar-refractivity contribution is 7.18. The van der Waals surface area contributed by atoms with Gasteiger partial charge < -0.3 is 20.4 Å². The lowest BCUT2D eigenvalue weighted by Crippen LogP contribution is -2.40. The molecular weight excluding hydrogens is 390 g/mol. The smallest absolute Gasteiger partial charge is 0.291 e. The Bertz CT molecular complexity index is 1020. The van der Waals surface area contributed by atoms with Crippen LogP contribution in [0.15, 0.2) is 59.2 Å². The van der Waals surface area contributed by atoms with E-state index in [0.717, 1.165) is 11.3 Å². The van der Waals surface area contributed by atoms with Crippen LogP contribution < -0.4 is 16.0 Å². The van der Waals surface area contributed by atoms with Gasteiger partial charge in [0.25, 0.3) is 17.7 Å². The summed E-state index contributed by atoms with van der Waals surface area (Å²) >= 11 is 1.15. The van der Waals surface area contributed by atoms with E-state index in [0.29, 0.717) is 21.1 Å². The van der Waals surface area contributed by atoms with E-state index in [9.17, 15) is 14.4 Å². The third kappa shape index (κ3) is 5.55. The van der Waals surface area contributed by atoms with E-state index in [1.165, 1.54) is 6.26 Å². The summed E-state index contributed by atoms with van der Waals surface area (Å²) in [5.74, 6) is -0.668. The average Bonchev–Trinajstić information content (AvgIpc) is 3.33. The van der Waals surface area contributed by atoms with Crippen molar-refractivity contribution in [2.45, 2.75) is 26.3 Å². The lowest BCUT2D eigenvalue weighted by molar-refractivity contribution is 0.0918. The van der Waals surface area contributed by atoms with Crippen LogP contribution >= 0.6 is 11.3 Å². The second kappa shape index (κ2) is 8.32. The van der Waals surface area contributed by atoms with Gasteiger partial charge in [-0.15, -0.1) is 11.3 Å². The van der Waals surface area contributed by atoms with Crippen molar-refractivity contribution >= 4 is 39.7 Å². The third-order valence-electron chi connectivity index (χ3n) is 3.70. The molecule has 3 amide bonds. The van der Waals surface area contributed by atoms with Crippen molar-refractivity contribution in [3.8, 4) is 0 Å². The van der Waals surface area contributed by atoms with Gasteiger partial charge >= 0.3 is 0 Å². The molecule has 0 radical (unpaired) electrons. The monoisotopic (exact) mass is 411 g/mol. The van der Waals surface area contributed by atoms with Crippen LogP contribution in [0.3, 0.4) is 0 Å². The fourth-order valence-electron chi connectivity index (χ4n) is 2.42. The summed E-state index contributed by atoms with van der Waals surface area (Å²) in [6.45, 7) is 5.73. The second-order valence-corrected chi connectivity index (χ2v) is 8.41. The van der Waals surface area contributed by atoms with Crippen LogP contribution in [0.4, 0.5) is 10.7 Å². The predicted octanol–water partition coefficient (Wildman–Crippen LogP) is 4.37. The largest absolute Gasteiger partial charge is 0.459 e. The number of hydrogen-bond acceptors (Lipinski definition) is 5. The standard InChI is InChI=1S/C21H21N3O4S/c1-21(2,3)24-18(25)13-6-8-14(9-7-13)22-20(27)16-10-11-17(29-16)23-19(26)15-5-4-12-28-15/h4-12H,1-3H3,(H,22,27)(H,23,26)(H,24,25). The quantitative estimate of drug-likeness (QED) is 0.580. The van der Waals surface area contributed by atoms with Crippen molar-refractivity contribution in [1.29, 1.82) is 0 Å². The van der Waals surface area contributed by atoms with Gasteiger partial charge in [0.1, 0.15) is 0 Å². The average molecular weight is 411 g/mol. The fourth-order valence-corrected chi connectivity index (χ4v) is 3.22. The van der Waals surface area contributed by atoms with Crippen LogP contribution in [-0.4, -0.2) is 23.3 Å². The van der Waals surface area contributed by atoms with Gasteiger partial charge in [-0.1, -0.05) is 0 Å². The number of benzene rings is 1. The first-order chi connectivity index (χ1) is 13.7. The number of hydrogen-bond donors (Lipinski definition) is 3. The number of carbonyl (C=O) groups is 3. The van der Waals surface area contributed by atoms with Crippen LogP contribution in [0.25, 0.3) is 0 Å². The minimum atomic E-state index is -0.382. The molecule has 0 fully saturated rings. The van der Waals surface area contributed by atoms with Crippen molar-refractivity contribution in [2.24, 2.45) is 0 Å². The highest BCUT2D eigenvalue weighted by atomic mass is 32.1. The Hall–Kier alpha value is -3.39. The summed E-state index contributed by atoms with van der Waals surface area (Å²) in [5.41, 5.74) is 0.751. The highest BCUT2D eigenvalue weighted by Crippen LogP contribution is 2.24. The van der Waals surface area contributed by atoms with Crippen LogP contribution in [0, 0.1) is 0 Å². The summed E-state index contributed by atoms with van der Waals surface area (Å²) in [7, 11) is 0. The van der Waals surface area contributed by atoms with Crippen molar-refractivity contribution in [3.63, 3.8) is 0 Å². The Morgan fingerprint density at radius 1 is 0.862 bits per heavy atom. The molecule has 3 rings (SSSR count). The summed E-state index contributed by atoms with van der Waals surface area (Å²) in [6.07, 6.45) is 1.42. The molecule has 0 saturated heterocycles. The van der Waals surface area contributed by atoms with E-state index in [-0.39, 0.29) is 29.0 Å². The summed E-state index contributed by atoms with van der Waals surface area (Å²) in [5, 5.41) is 8.88. The Morgan fingerprint density at radius 2 is 1.59 bits per heavy atom. The number of furan rings is 1. The maximum absolute atomic E-state index is 12.4. The molecule has 0 aliphatic heterocycles. The second-order valence-electron chi connectivity index (χ2n) is 7.33. The van der Waals surface area contributed by atoms with E-state index in [1.54, 1.807) is 48.5 Å². The minimum absolute atomic E-state index is 0.175. The lowest BCUT2D eigenvalue weighted by atomic mass is 10.1. The molecule has 0 atom stereocenters. The molecule has 150 valence electrons. The van der Waals surface area contributed by atoms with Crippen LogP contribution in [0.1, 0.15) is 51.4 Å². The van der Waals surface area contributed by atoms with Crippen molar-refractivity contribution < 1.29 is 18.8 Å². The number of anilines is 2. The first-order valence-corrected chi connectivity index (χ1v) is 9.71. The molecule has 2 aromatic heterocycles. The Kier molecular flexibility index (Phi) is 5.84. The number of amides is 3. The maximum atomic E-state index is 12.4. The normalized spacial score (nSPS) is 11.0. The third-order valence-corrected chi connectivity index (χ3v) is 4.70. The van der Waals surface area contributed by atoms with Crippen molar-refractivity contribution in [3.05, 3.63) is 71.0 Å². The van der Waals surface area contributed by atoms with Crippen LogP contribution in [0.2, 0.25) is 0 Å². The maximum Gasteiger partial charge on any atom is 0.291 e. The van der Waals surface area contributed by atoms with Gasteiger partial charge in [-0.3, -0.25) is 14.4 Å². The van der Waals surface area contributed by atoms with Gasteiger partial charge in [-0.25, -0.2) is 0 Å². The molecular formula is C21H21N3O4S. The van der Waals surface area contributed by atoms with Crippen LogP contribution in [-0.2, 0) is 0 Å². The molecule has 7 nitrogen and oxygen atoms in total. The summed E-state index contributed by atoms with van der Waals surface area (Å²) in [6, 6.07) is 13.1. The van der Waals surface area contributed by atoms with Crippen molar-refractivity contribution in [2.75, 3.05) is 10.6 Å². The number of nitrogens with one attached hydrogen (secondary N) is 3. The van der Waals surface area contributed by atoms with E-state index in [2.05, 4.69) is 16.0 Å². The molecule has 29 heavy (non-hydrogen) atoms. The molecule has 0 aliphatic carbocycles. The zero-order valence-corrected chi connectivity index (χ0v) is 17.1. The SMILES string of the molecule is CC(C)(C)NC(=O)c1ccc(NC(=O)c2ccc(NC(=O)c3ccco3)s2)cc1. The first-order valence-electron chi connectivity index (χ1n) is 8.90. The van der Waals surface area contributed by atoms with Gasteiger partial charge in [-0.05, 0) is 69.3 Å². The van der Waals surface area contributed by atoms with E-state index >= 15 is 0 Å². The number of carbonyl (C=O) groups excluding carboxylic acids is 3. The predicted molar refractivity (Wildman–Crippen MR) is 113 cm³/mol. The minimum Gasteiger partial charge on any atom is -0.459 e. The molecule has 0 aliphatic rings. The first kappa shape index (κ1) is 20.3. The molecule has 1 aromatic carbocycles. The van der Waals surface area contributed by atoms with Gasteiger partial charge in [0, 0.05) is 16.8 Å². The van der Waals surface area contributed by atoms with E-state index in [4.69, 9.17) is 4.42 Å². The Labute approximate surface area is 172 Å². The Morgan fingerprint density at radius 3 is 2.21 bits per heavy atom. The van der Waals surface area contributed by atoms with Gasteiger partial charge in [0.2, 0.25) is 0 Å². The van der Waals surface area contributed by atoms with Gasteiger partial charge in [-0.2, -0.15) is 0 Å². The zero-order valence-electron chi connectivity index (χ0n) is 16.2. The molecule has 3 aromatic rings. The van der Waals surface area contributed by atoms with Crippen molar-refractivity contribution in [1.82, 2.24) is 5.32 Å². The zero-order chi connectivity index (χ0) is 21.0. The topological polar surface area (TPSA) is 100 Å². The molecule has 8 heteroatoms. The molecule has 0 saturated carbocycles. The summed E-state index contributed by atoms with van der Waals surface area (Å²) in [4.78, 5) is 37.0. The fraction of sp³-hybridized carbons (Fsp3) is 0.190. The van der Waals surface area contributed by atoms with Crippen LogP contribution in [0.5, 0.6) is 0 Å². The molecule has 0 spiro atoms. The highest BCUT2D eigenvalue weighted by Gasteiger charge is 2.16. The van der Waals surface area contributed by atoms with E-state index in [1.807, 2.05) is 20.8 Å². The van der Waals surface area contributed by atoms with Gasteiger partial charge in [0.15, 0.2) is 5.76 Å². The molecule has 3 N–H and O–H groups in total. The number of thiophene rings is 1. The van der Waals surface area contributed by atoms with E-state index < -0.39 is 0 Å². The van der Waals surface area contributed by atoms with Gasteiger partial charge in [0.05, 0.1) is 16.1 Å². The molecule has 2 heterocycles.